The van der Waals surface area contributed by atoms with Crippen molar-refractivity contribution in [1.29, 1.82) is 0 Å². The first-order valence-electron chi connectivity index (χ1n) is 6.17. The van der Waals surface area contributed by atoms with Gasteiger partial charge in [0.1, 0.15) is 0 Å². The monoisotopic (exact) mass is 290 g/mol. The second-order valence-corrected chi connectivity index (χ2v) is 6.76. The second-order valence-electron chi connectivity index (χ2n) is 4.36. The smallest absolute Gasteiger partial charge is 0.324 e. The van der Waals surface area contributed by atoms with E-state index >= 15 is 0 Å². The van der Waals surface area contributed by atoms with E-state index in [0.29, 0.717) is 17.9 Å². The second kappa shape index (κ2) is 6.72. The first-order chi connectivity index (χ1) is 8.40. The highest BCUT2D eigenvalue weighted by Crippen LogP contribution is 2.59. The Morgan fingerprint density at radius 2 is 1.83 bits per heavy atom. The van der Waals surface area contributed by atoms with Gasteiger partial charge in [0.15, 0.2) is 0 Å². The van der Waals surface area contributed by atoms with E-state index in [0.717, 1.165) is 5.56 Å². The van der Waals surface area contributed by atoms with Gasteiger partial charge in [0.05, 0.1) is 11.8 Å². The van der Waals surface area contributed by atoms with Gasteiger partial charge >= 0.3 is 7.60 Å². The molecule has 3 unspecified atom stereocenters. The van der Waals surface area contributed by atoms with E-state index in [4.69, 9.17) is 16.1 Å². The zero-order chi connectivity index (χ0) is 13.8. The van der Waals surface area contributed by atoms with Crippen LogP contribution < -0.4 is 0 Å². The summed E-state index contributed by atoms with van der Waals surface area (Å²) in [5.41, 5.74) is 0.291. The lowest BCUT2D eigenvalue weighted by molar-refractivity contribution is 0.179. The predicted octanol–water partition coefficient (Wildman–Crippen LogP) is 4.79. The molecule has 1 N–H and O–H groups in total. The molecule has 0 heterocycles. The number of halogens is 1. The van der Waals surface area contributed by atoms with Crippen molar-refractivity contribution < 1.29 is 14.0 Å². The Morgan fingerprint density at radius 1 is 1.28 bits per heavy atom. The summed E-state index contributed by atoms with van der Waals surface area (Å²) in [6, 6.07) is 7.00. The Bertz CT molecular complexity index is 419. The summed E-state index contributed by atoms with van der Waals surface area (Å²) in [5, 5.41) is 0.615. The van der Waals surface area contributed by atoms with Crippen molar-refractivity contribution in [2.24, 2.45) is 0 Å². The predicted molar refractivity (Wildman–Crippen MR) is 75.1 cm³/mol. The number of hydrogen-bond donors (Lipinski definition) is 1. The van der Waals surface area contributed by atoms with Gasteiger partial charge in [-0.2, -0.15) is 0 Å². The molecule has 0 amide bonds. The molecule has 1 aromatic rings. The molecule has 0 aromatic heterocycles. The molecule has 0 aliphatic heterocycles. The zero-order valence-electron chi connectivity index (χ0n) is 11.0. The van der Waals surface area contributed by atoms with Crippen molar-refractivity contribution in [2.75, 3.05) is 0 Å². The first kappa shape index (κ1) is 15.7. The van der Waals surface area contributed by atoms with E-state index in [2.05, 4.69) is 0 Å². The van der Waals surface area contributed by atoms with Crippen LogP contribution in [0.15, 0.2) is 24.3 Å². The lowest BCUT2D eigenvalue weighted by Gasteiger charge is -2.24. The van der Waals surface area contributed by atoms with Gasteiger partial charge in [-0.25, -0.2) is 0 Å². The van der Waals surface area contributed by atoms with Crippen LogP contribution in [0.4, 0.5) is 0 Å². The van der Waals surface area contributed by atoms with E-state index in [-0.39, 0.29) is 6.10 Å². The molecule has 3 atom stereocenters. The van der Waals surface area contributed by atoms with E-state index in [1.807, 2.05) is 13.8 Å². The number of benzene rings is 1. The van der Waals surface area contributed by atoms with Crippen LogP contribution in [0.2, 0.25) is 5.02 Å². The highest BCUT2D eigenvalue weighted by Gasteiger charge is 2.33. The lowest BCUT2D eigenvalue weighted by Crippen LogP contribution is -2.09. The van der Waals surface area contributed by atoms with Gasteiger partial charge in [-0.3, -0.25) is 4.57 Å². The Balaban J connectivity index is 2.94. The lowest BCUT2D eigenvalue weighted by atomic mass is 10.1. The molecule has 0 saturated heterocycles. The Morgan fingerprint density at radius 3 is 2.28 bits per heavy atom. The maximum atomic E-state index is 12.3. The van der Waals surface area contributed by atoms with Gasteiger partial charge in [-0.05, 0) is 37.5 Å². The Kier molecular flexibility index (Phi) is 5.87. The summed E-state index contributed by atoms with van der Waals surface area (Å²) in [7, 11) is -3.66. The van der Waals surface area contributed by atoms with E-state index in [1.165, 1.54) is 0 Å². The molecular formula is C13H20ClO3P. The van der Waals surface area contributed by atoms with Crippen LogP contribution in [0.25, 0.3) is 0 Å². The molecular weight excluding hydrogens is 271 g/mol. The third-order valence-electron chi connectivity index (χ3n) is 2.94. The van der Waals surface area contributed by atoms with Crippen molar-refractivity contribution in [3.8, 4) is 0 Å². The van der Waals surface area contributed by atoms with Crippen LogP contribution in [0.5, 0.6) is 0 Å². The van der Waals surface area contributed by atoms with Crippen LogP contribution in [-0.4, -0.2) is 11.0 Å². The van der Waals surface area contributed by atoms with Crippen LogP contribution in [0, 0.1) is 0 Å². The summed E-state index contributed by atoms with van der Waals surface area (Å²) in [6.45, 7) is 5.60. The summed E-state index contributed by atoms with van der Waals surface area (Å²) in [4.78, 5) is 10.1. The summed E-state index contributed by atoms with van der Waals surface area (Å²) >= 11 is 5.82. The Labute approximate surface area is 114 Å². The average molecular weight is 291 g/mol. The standard InChI is InChI=1S/C13H20ClO3P/c1-4-10(3)17-18(15,16)13(5-2)11-6-8-12(14)9-7-11/h6-10,13H,4-5H2,1-3H3,(H,15,16). The summed E-state index contributed by atoms with van der Waals surface area (Å²) in [5.74, 6) is 0. The minimum atomic E-state index is -3.66. The van der Waals surface area contributed by atoms with Crippen molar-refractivity contribution >= 4 is 19.2 Å². The minimum Gasteiger partial charge on any atom is -0.324 e. The largest absolute Gasteiger partial charge is 0.335 e. The molecule has 0 fully saturated rings. The third kappa shape index (κ3) is 4.10. The van der Waals surface area contributed by atoms with Crippen molar-refractivity contribution in [3.05, 3.63) is 34.9 Å². The molecule has 1 aromatic carbocycles. The maximum absolute atomic E-state index is 12.3. The number of hydrogen-bond acceptors (Lipinski definition) is 2. The van der Waals surface area contributed by atoms with Crippen LogP contribution in [-0.2, 0) is 9.09 Å². The van der Waals surface area contributed by atoms with E-state index in [9.17, 15) is 9.46 Å². The minimum absolute atomic E-state index is 0.220. The summed E-state index contributed by atoms with van der Waals surface area (Å²) in [6.07, 6.45) is 1.04. The normalized spacial score (nSPS) is 18.1. The van der Waals surface area contributed by atoms with Gasteiger partial charge in [-0.15, -0.1) is 0 Å². The van der Waals surface area contributed by atoms with Crippen molar-refractivity contribution in [1.82, 2.24) is 0 Å². The number of rotatable bonds is 6. The molecule has 3 nitrogen and oxygen atoms in total. The molecule has 0 radical (unpaired) electrons. The quantitative estimate of drug-likeness (QED) is 0.766. The van der Waals surface area contributed by atoms with Crippen LogP contribution in [0.3, 0.4) is 0 Å². The molecule has 0 aliphatic rings. The topological polar surface area (TPSA) is 46.5 Å². The molecule has 0 bridgehead atoms. The highest BCUT2D eigenvalue weighted by molar-refractivity contribution is 7.53. The molecule has 0 aliphatic carbocycles. The molecule has 0 saturated carbocycles. The zero-order valence-corrected chi connectivity index (χ0v) is 12.6. The first-order valence-corrected chi connectivity index (χ1v) is 8.19. The fourth-order valence-electron chi connectivity index (χ4n) is 1.75. The van der Waals surface area contributed by atoms with E-state index in [1.54, 1.807) is 31.2 Å². The van der Waals surface area contributed by atoms with Crippen LogP contribution >= 0.6 is 19.2 Å². The average Bonchev–Trinajstić information content (AvgIpc) is 2.31. The SMILES string of the molecule is CCC(C)OP(=O)(O)C(CC)c1ccc(Cl)cc1. The highest BCUT2D eigenvalue weighted by atomic mass is 35.5. The van der Waals surface area contributed by atoms with Crippen molar-refractivity contribution in [3.63, 3.8) is 0 Å². The van der Waals surface area contributed by atoms with Gasteiger partial charge in [0.25, 0.3) is 0 Å². The molecule has 18 heavy (non-hydrogen) atoms. The van der Waals surface area contributed by atoms with Crippen LogP contribution in [0.1, 0.15) is 44.8 Å². The maximum Gasteiger partial charge on any atom is 0.335 e. The fourth-order valence-corrected chi connectivity index (χ4v) is 3.69. The van der Waals surface area contributed by atoms with Gasteiger partial charge in [0.2, 0.25) is 0 Å². The molecule has 102 valence electrons. The van der Waals surface area contributed by atoms with Gasteiger partial charge in [-0.1, -0.05) is 37.6 Å². The molecule has 1 rings (SSSR count). The van der Waals surface area contributed by atoms with Crippen molar-refractivity contribution in [2.45, 2.75) is 45.4 Å². The fraction of sp³-hybridized carbons (Fsp3) is 0.538. The van der Waals surface area contributed by atoms with E-state index < -0.39 is 13.3 Å². The Hall–Kier alpha value is -0.340. The molecule has 5 heteroatoms. The molecule has 0 spiro atoms. The third-order valence-corrected chi connectivity index (χ3v) is 5.31. The van der Waals surface area contributed by atoms with Gasteiger partial charge in [0, 0.05) is 5.02 Å². The summed E-state index contributed by atoms with van der Waals surface area (Å²) < 4.78 is 17.6. The van der Waals surface area contributed by atoms with Gasteiger partial charge < -0.3 is 9.42 Å².